The number of amides is 3. The van der Waals surface area contributed by atoms with Gasteiger partial charge in [0.2, 0.25) is 5.91 Å². The summed E-state index contributed by atoms with van der Waals surface area (Å²) in [5.74, 6) is -1.66. The highest BCUT2D eigenvalue weighted by molar-refractivity contribution is 8.18. The lowest BCUT2D eigenvalue weighted by atomic mass is 10.0. The fourth-order valence-electron chi connectivity index (χ4n) is 3.70. The van der Waals surface area contributed by atoms with E-state index in [1.165, 1.54) is 49.6 Å². The van der Waals surface area contributed by atoms with Crippen LogP contribution in [-0.2, 0) is 14.3 Å². The highest BCUT2D eigenvalue weighted by atomic mass is 35.5. The van der Waals surface area contributed by atoms with Gasteiger partial charge in [0.15, 0.2) is 0 Å². The Labute approximate surface area is 230 Å². The third kappa shape index (κ3) is 5.86. The molecule has 11 nitrogen and oxygen atoms in total. The number of nitro benzene ring substituents is 1. The number of methoxy groups -OCH3 is 1. The standard InChI is InChI=1S/C26H20ClN3O8S/c1-13-8-18(20(30(35)36)9-14(13)2)21-7-5-16(38-21)11-22-24(32)29(26(34)39-22)12-23(31)28-15-4-6-19(27)17(10-15)25(33)37-3/h4-11H,12H2,1-3H3,(H,28,31)/b22-11-. The molecule has 4 rings (SSSR count). The van der Waals surface area contributed by atoms with E-state index in [4.69, 9.17) is 16.0 Å². The molecule has 1 aliphatic heterocycles. The zero-order valence-electron chi connectivity index (χ0n) is 20.8. The first-order valence-electron chi connectivity index (χ1n) is 11.3. The molecule has 1 aliphatic rings. The van der Waals surface area contributed by atoms with Crippen molar-refractivity contribution in [1.29, 1.82) is 0 Å². The predicted molar refractivity (Wildman–Crippen MR) is 144 cm³/mol. The van der Waals surface area contributed by atoms with Crippen LogP contribution in [0, 0.1) is 24.0 Å². The molecule has 2 aromatic carbocycles. The molecule has 1 aromatic heterocycles. The summed E-state index contributed by atoms with van der Waals surface area (Å²) in [7, 11) is 1.19. The molecule has 1 fully saturated rings. The van der Waals surface area contributed by atoms with Crippen molar-refractivity contribution in [3.8, 4) is 11.3 Å². The summed E-state index contributed by atoms with van der Waals surface area (Å²) in [5, 5.41) is 13.5. The summed E-state index contributed by atoms with van der Waals surface area (Å²) in [4.78, 5) is 61.5. The molecule has 1 saturated heterocycles. The van der Waals surface area contributed by atoms with Gasteiger partial charge >= 0.3 is 5.97 Å². The number of esters is 1. The van der Waals surface area contributed by atoms with Crippen molar-refractivity contribution >= 4 is 63.8 Å². The Morgan fingerprint density at radius 3 is 2.56 bits per heavy atom. The Kier molecular flexibility index (Phi) is 7.88. The maximum atomic E-state index is 12.9. The van der Waals surface area contributed by atoms with E-state index in [9.17, 15) is 29.3 Å². The molecule has 0 unspecified atom stereocenters. The first-order valence-corrected chi connectivity index (χ1v) is 12.5. The number of benzene rings is 2. The lowest BCUT2D eigenvalue weighted by Crippen LogP contribution is -2.36. The highest BCUT2D eigenvalue weighted by Gasteiger charge is 2.36. The number of anilines is 1. The first-order chi connectivity index (χ1) is 18.5. The van der Waals surface area contributed by atoms with Crippen LogP contribution < -0.4 is 5.32 Å². The molecule has 0 aliphatic carbocycles. The molecule has 13 heteroatoms. The SMILES string of the molecule is COC(=O)c1cc(NC(=O)CN2C(=O)S/C(=C\c3ccc(-c4cc(C)c(C)cc4[N+](=O)[O-])o3)C2=O)ccc1Cl. The molecule has 2 heterocycles. The number of thioether (sulfide) groups is 1. The molecule has 0 saturated carbocycles. The topological polar surface area (TPSA) is 149 Å². The van der Waals surface area contributed by atoms with Gasteiger partial charge in [-0.25, -0.2) is 4.79 Å². The number of halogens is 1. The Morgan fingerprint density at radius 2 is 1.87 bits per heavy atom. The van der Waals surface area contributed by atoms with Gasteiger partial charge in [-0.15, -0.1) is 0 Å². The maximum Gasteiger partial charge on any atom is 0.339 e. The fourth-order valence-corrected chi connectivity index (χ4v) is 4.72. The summed E-state index contributed by atoms with van der Waals surface area (Å²) in [6.45, 7) is 3.02. The number of nitrogens with one attached hydrogen (secondary N) is 1. The zero-order chi connectivity index (χ0) is 28.4. The van der Waals surface area contributed by atoms with Crippen molar-refractivity contribution in [2.45, 2.75) is 13.8 Å². The molecule has 39 heavy (non-hydrogen) atoms. The predicted octanol–water partition coefficient (Wildman–Crippen LogP) is 5.59. The van der Waals surface area contributed by atoms with Gasteiger partial charge in [-0.1, -0.05) is 11.6 Å². The van der Waals surface area contributed by atoms with Crippen molar-refractivity contribution in [2.24, 2.45) is 0 Å². The van der Waals surface area contributed by atoms with Crippen molar-refractivity contribution in [2.75, 3.05) is 19.0 Å². The number of hydrogen-bond donors (Lipinski definition) is 1. The van der Waals surface area contributed by atoms with Crippen LogP contribution >= 0.6 is 23.4 Å². The van der Waals surface area contributed by atoms with Gasteiger partial charge in [0.1, 0.15) is 18.1 Å². The molecule has 1 N–H and O–H groups in total. The van der Waals surface area contributed by atoms with Gasteiger partial charge in [0.05, 0.1) is 33.1 Å². The van der Waals surface area contributed by atoms with E-state index in [0.717, 1.165) is 16.0 Å². The highest BCUT2D eigenvalue weighted by Crippen LogP contribution is 2.36. The number of nitrogens with zero attached hydrogens (tertiary/aromatic N) is 2. The minimum absolute atomic E-state index is 0.0164. The van der Waals surface area contributed by atoms with Crippen LogP contribution in [0.1, 0.15) is 27.2 Å². The monoisotopic (exact) mass is 569 g/mol. The number of rotatable bonds is 7. The van der Waals surface area contributed by atoms with Gasteiger partial charge in [0.25, 0.3) is 16.8 Å². The number of aryl methyl sites for hydroxylation is 2. The lowest BCUT2D eigenvalue weighted by Gasteiger charge is -2.13. The average molecular weight is 570 g/mol. The minimum atomic E-state index is -0.707. The van der Waals surface area contributed by atoms with Gasteiger partial charge in [-0.05, 0) is 73.1 Å². The average Bonchev–Trinajstić information content (AvgIpc) is 3.46. The molecule has 0 spiro atoms. The largest absolute Gasteiger partial charge is 0.465 e. The maximum absolute atomic E-state index is 12.9. The number of carbonyl (C=O) groups is 4. The Morgan fingerprint density at radius 1 is 1.15 bits per heavy atom. The number of furan rings is 1. The zero-order valence-corrected chi connectivity index (χ0v) is 22.3. The molecular weight excluding hydrogens is 550 g/mol. The van der Waals surface area contributed by atoms with E-state index in [1.54, 1.807) is 13.0 Å². The van der Waals surface area contributed by atoms with Gasteiger partial charge in [0, 0.05) is 17.8 Å². The minimum Gasteiger partial charge on any atom is -0.465 e. The summed E-state index contributed by atoms with van der Waals surface area (Å²) in [5.41, 5.74) is 2.02. The van der Waals surface area contributed by atoms with E-state index < -0.39 is 34.5 Å². The Balaban J connectivity index is 1.49. The van der Waals surface area contributed by atoms with Crippen LogP contribution in [0.4, 0.5) is 16.2 Å². The van der Waals surface area contributed by atoms with E-state index in [2.05, 4.69) is 10.1 Å². The second-order valence-corrected chi connectivity index (χ2v) is 9.82. The van der Waals surface area contributed by atoms with Crippen molar-refractivity contribution in [1.82, 2.24) is 4.90 Å². The van der Waals surface area contributed by atoms with Gasteiger partial charge in [-0.3, -0.25) is 29.4 Å². The number of nitro groups is 1. The molecule has 0 atom stereocenters. The normalized spacial score (nSPS) is 14.2. The number of imide groups is 1. The summed E-state index contributed by atoms with van der Waals surface area (Å²) in [6.07, 6.45) is 1.33. The summed E-state index contributed by atoms with van der Waals surface area (Å²) >= 11 is 6.60. The van der Waals surface area contributed by atoms with Crippen molar-refractivity contribution in [3.63, 3.8) is 0 Å². The lowest BCUT2D eigenvalue weighted by molar-refractivity contribution is -0.384. The van der Waals surface area contributed by atoms with Crippen LogP contribution in [0.15, 0.2) is 51.8 Å². The molecule has 200 valence electrons. The number of ether oxygens (including phenoxy) is 1. The second-order valence-electron chi connectivity index (χ2n) is 8.41. The third-order valence-electron chi connectivity index (χ3n) is 5.81. The van der Waals surface area contributed by atoms with Crippen LogP contribution in [0.25, 0.3) is 17.4 Å². The first kappa shape index (κ1) is 27.6. The van der Waals surface area contributed by atoms with Gasteiger partial charge in [-0.2, -0.15) is 0 Å². The van der Waals surface area contributed by atoms with E-state index >= 15 is 0 Å². The third-order valence-corrected chi connectivity index (χ3v) is 7.04. The molecule has 3 amide bonds. The quantitative estimate of drug-likeness (QED) is 0.166. The molecule has 3 aromatic rings. The molecular formula is C26H20ClN3O8S. The smallest absolute Gasteiger partial charge is 0.339 e. The van der Waals surface area contributed by atoms with Crippen LogP contribution in [0.5, 0.6) is 0 Å². The van der Waals surface area contributed by atoms with Crippen molar-refractivity contribution < 1.29 is 33.3 Å². The van der Waals surface area contributed by atoms with E-state index in [1.807, 2.05) is 6.92 Å². The second kappa shape index (κ2) is 11.1. The van der Waals surface area contributed by atoms with Crippen LogP contribution in [0.2, 0.25) is 5.02 Å². The number of carbonyl (C=O) groups excluding carboxylic acids is 4. The Bertz CT molecular complexity index is 1580. The summed E-state index contributed by atoms with van der Waals surface area (Å²) in [6, 6.07) is 10.3. The Hall–Kier alpha value is -4.42. The van der Waals surface area contributed by atoms with Crippen molar-refractivity contribution in [3.05, 3.63) is 85.0 Å². The van der Waals surface area contributed by atoms with Crippen LogP contribution in [0.3, 0.4) is 0 Å². The molecule has 0 bridgehead atoms. The van der Waals surface area contributed by atoms with E-state index in [0.29, 0.717) is 11.8 Å². The molecule has 0 radical (unpaired) electrons. The fraction of sp³-hybridized carbons (Fsp3) is 0.154. The van der Waals surface area contributed by atoms with Crippen LogP contribution in [-0.4, -0.2) is 46.5 Å². The summed E-state index contributed by atoms with van der Waals surface area (Å²) < 4.78 is 10.4. The van der Waals surface area contributed by atoms with Gasteiger partial charge < -0.3 is 14.5 Å². The number of hydrogen-bond acceptors (Lipinski definition) is 9. The van der Waals surface area contributed by atoms with E-state index in [-0.39, 0.29) is 43.9 Å².